The second-order valence-corrected chi connectivity index (χ2v) is 1.37. The average molecular weight is 123 g/mol. The molecular formula is C3H9NO4. The molecule has 0 rings (SSSR count). The van der Waals surface area contributed by atoms with Gasteiger partial charge in [-0.15, -0.1) is 0 Å². The SMILES string of the molecule is OC(O)CCN(O)O. The van der Waals surface area contributed by atoms with Gasteiger partial charge < -0.3 is 10.2 Å². The quantitative estimate of drug-likeness (QED) is 0.279. The molecule has 0 bridgehead atoms. The molecule has 0 aliphatic rings. The van der Waals surface area contributed by atoms with E-state index in [0.717, 1.165) is 0 Å². The zero-order valence-corrected chi connectivity index (χ0v) is 4.23. The summed E-state index contributed by atoms with van der Waals surface area (Å²) in [5.41, 5.74) is 0. The van der Waals surface area contributed by atoms with Crippen LogP contribution in [0.4, 0.5) is 0 Å². The van der Waals surface area contributed by atoms with Gasteiger partial charge in [-0.3, -0.25) is 10.4 Å². The molecule has 0 fully saturated rings. The van der Waals surface area contributed by atoms with Crippen molar-refractivity contribution in [1.29, 1.82) is 0 Å². The molecule has 4 N–H and O–H groups in total. The maximum Gasteiger partial charge on any atom is 0.152 e. The van der Waals surface area contributed by atoms with Crippen LogP contribution in [0.2, 0.25) is 0 Å². The van der Waals surface area contributed by atoms with Gasteiger partial charge in [0.05, 0.1) is 6.54 Å². The van der Waals surface area contributed by atoms with Gasteiger partial charge in [-0.25, -0.2) is 0 Å². The zero-order chi connectivity index (χ0) is 6.57. The number of rotatable bonds is 3. The molecule has 0 aliphatic carbocycles. The molecule has 0 atom stereocenters. The Hall–Kier alpha value is -0.200. The van der Waals surface area contributed by atoms with E-state index in [-0.39, 0.29) is 18.2 Å². The van der Waals surface area contributed by atoms with E-state index in [4.69, 9.17) is 20.6 Å². The van der Waals surface area contributed by atoms with Crippen LogP contribution in [0.1, 0.15) is 6.42 Å². The van der Waals surface area contributed by atoms with Crippen molar-refractivity contribution >= 4 is 0 Å². The first-order valence-electron chi connectivity index (χ1n) is 2.14. The molecule has 8 heavy (non-hydrogen) atoms. The third-order valence-electron chi connectivity index (χ3n) is 0.587. The van der Waals surface area contributed by atoms with Crippen LogP contribution in [-0.4, -0.2) is 38.7 Å². The molecule has 0 aromatic heterocycles. The summed E-state index contributed by atoms with van der Waals surface area (Å²) < 4.78 is 0. The van der Waals surface area contributed by atoms with E-state index in [2.05, 4.69) is 0 Å². The maximum absolute atomic E-state index is 8.11. The van der Waals surface area contributed by atoms with E-state index < -0.39 is 6.29 Å². The van der Waals surface area contributed by atoms with E-state index in [0.29, 0.717) is 0 Å². The Bertz CT molecular complexity index is 47.2. The average Bonchev–Trinajstić information content (AvgIpc) is 1.61. The second-order valence-electron chi connectivity index (χ2n) is 1.37. The molecule has 0 aromatic carbocycles. The lowest BCUT2D eigenvalue weighted by atomic mass is 10.4. The van der Waals surface area contributed by atoms with Crippen LogP contribution in [0.3, 0.4) is 0 Å². The van der Waals surface area contributed by atoms with Crippen LogP contribution in [0.15, 0.2) is 0 Å². The van der Waals surface area contributed by atoms with Crippen LogP contribution in [0, 0.1) is 0 Å². The van der Waals surface area contributed by atoms with Gasteiger partial charge in [0.25, 0.3) is 0 Å². The van der Waals surface area contributed by atoms with Crippen molar-refractivity contribution in [2.75, 3.05) is 6.54 Å². The van der Waals surface area contributed by atoms with E-state index in [9.17, 15) is 0 Å². The minimum Gasteiger partial charge on any atom is -0.368 e. The van der Waals surface area contributed by atoms with E-state index in [1.165, 1.54) is 0 Å². The third kappa shape index (κ3) is 5.80. The molecule has 0 aromatic rings. The summed E-state index contributed by atoms with van der Waals surface area (Å²) in [6.07, 6.45) is -1.55. The fourth-order valence-electron chi connectivity index (χ4n) is 0.231. The molecule has 0 saturated heterocycles. The first kappa shape index (κ1) is 7.80. The molecule has 0 aliphatic heterocycles. The van der Waals surface area contributed by atoms with Crippen molar-refractivity contribution in [2.45, 2.75) is 12.7 Å². The number of nitrogens with zero attached hydrogens (tertiary/aromatic N) is 1. The van der Waals surface area contributed by atoms with Gasteiger partial charge in [0.1, 0.15) is 0 Å². The molecular weight excluding hydrogens is 114 g/mol. The van der Waals surface area contributed by atoms with Gasteiger partial charge >= 0.3 is 0 Å². The van der Waals surface area contributed by atoms with Crippen LogP contribution in [0.25, 0.3) is 0 Å². The first-order valence-corrected chi connectivity index (χ1v) is 2.14. The first-order chi connectivity index (χ1) is 3.63. The highest BCUT2D eigenvalue weighted by Gasteiger charge is 1.98. The lowest BCUT2D eigenvalue weighted by Crippen LogP contribution is -2.19. The molecule has 0 spiro atoms. The van der Waals surface area contributed by atoms with Gasteiger partial charge in [-0.05, 0) is 0 Å². The minimum absolute atomic E-state index is 0.0764. The molecule has 0 amide bonds. The normalized spacial score (nSPS) is 11.2. The smallest absolute Gasteiger partial charge is 0.152 e. The number of hydrogen-bond donors (Lipinski definition) is 4. The van der Waals surface area contributed by atoms with E-state index in [1.54, 1.807) is 0 Å². The maximum atomic E-state index is 8.11. The van der Waals surface area contributed by atoms with Crippen molar-refractivity contribution in [3.8, 4) is 0 Å². The van der Waals surface area contributed by atoms with Crippen molar-refractivity contribution in [3.63, 3.8) is 0 Å². The summed E-state index contributed by atoms with van der Waals surface area (Å²) in [6, 6.07) is 0. The third-order valence-corrected chi connectivity index (χ3v) is 0.587. The summed E-state index contributed by atoms with van der Waals surface area (Å²) in [7, 11) is 0. The van der Waals surface area contributed by atoms with Crippen LogP contribution < -0.4 is 0 Å². The fraction of sp³-hybridized carbons (Fsp3) is 1.00. The molecule has 5 nitrogen and oxygen atoms in total. The van der Waals surface area contributed by atoms with Crippen LogP contribution in [0.5, 0.6) is 0 Å². The molecule has 0 unspecified atom stereocenters. The van der Waals surface area contributed by atoms with Gasteiger partial charge in [0.2, 0.25) is 0 Å². The highest BCUT2D eigenvalue weighted by molar-refractivity contribution is 4.36. The summed E-state index contributed by atoms with van der Waals surface area (Å²) in [5, 5.41) is 32.1. The lowest BCUT2D eigenvalue weighted by molar-refractivity contribution is -0.311. The molecule has 5 heteroatoms. The van der Waals surface area contributed by atoms with E-state index in [1.807, 2.05) is 0 Å². The van der Waals surface area contributed by atoms with E-state index >= 15 is 0 Å². The van der Waals surface area contributed by atoms with Crippen molar-refractivity contribution in [3.05, 3.63) is 0 Å². The Balaban J connectivity index is 2.93. The Morgan fingerprint density at radius 1 is 1.25 bits per heavy atom. The van der Waals surface area contributed by atoms with Crippen LogP contribution >= 0.6 is 0 Å². The van der Waals surface area contributed by atoms with Crippen molar-refractivity contribution in [2.24, 2.45) is 0 Å². The second kappa shape index (κ2) is 3.76. The van der Waals surface area contributed by atoms with Gasteiger partial charge in [0, 0.05) is 6.42 Å². The van der Waals surface area contributed by atoms with Crippen molar-refractivity contribution < 1.29 is 20.6 Å². The zero-order valence-electron chi connectivity index (χ0n) is 4.23. The topological polar surface area (TPSA) is 84.2 Å². The number of aliphatic hydroxyl groups excluding tert-OH is 1. The Morgan fingerprint density at radius 3 is 1.88 bits per heavy atom. The highest BCUT2D eigenvalue weighted by atomic mass is 16.8. The summed E-state index contributed by atoms with van der Waals surface area (Å²) in [4.78, 5) is 0. The molecule has 0 heterocycles. The Kier molecular flexibility index (Phi) is 3.67. The fourth-order valence-corrected chi connectivity index (χ4v) is 0.231. The lowest BCUT2D eigenvalue weighted by Gasteiger charge is -2.05. The summed E-state index contributed by atoms with van der Waals surface area (Å²) >= 11 is 0. The number of hydroxylamine groups is 2. The summed E-state index contributed by atoms with van der Waals surface area (Å²) in [6.45, 7) is -0.169. The molecule has 0 saturated carbocycles. The monoisotopic (exact) mass is 123 g/mol. The number of aliphatic hydroxyl groups is 2. The van der Waals surface area contributed by atoms with Gasteiger partial charge in [0.15, 0.2) is 6.29 Å². The summed E-state index contributed by atoms with van der Waals surface area (Å²) in [5.74, 6) is 0. The Morgan fingerprint density at radius 2 is 1.75 bits per heavy atom. The minimum atomic E-state index is -1.48. The standard InChI is InChI=1S/C3H9NO4/c5-3(6)1-2-4(7)8/h3,5-8H,1-2H2. The van der Waals surface area contributed by atoms with Gasteiger partial charge in [-0.2, -0.15) is 0 Å². The predicted molar refractivity (Wildman–Crippen MR) is 23.1 cm³/mol. The highest BCUT2D eigenvalue weighted by Crippen LogP contribution is 1.85. The molecule has 50 valence electrons. The predicted octanol–water partition coefficient (Wildman–Crippen LogP) is -1.23. The largest absolute Gasteiger partial charge is 0.368 e. The van der Waals surface area contributed by atoms with Crippen LogP contribution in [-0.2, 0) is 0 Å². The van der Waals surface area contributed by atoms with Crippen molar-refractivity contribution in [1.82, 2.24) is 5.23 Å². The molecule has 0 radical (unpaired) electrons. The van der Waals surface area contributed by atoms with Gasteiger partial charge in [-0.1, -0.05) is 5.23 Å². The Labute approximate surface area is 46.3 Å². The number of hydrogen-bond acceptors (Lipinski definition) is 5.